The van der Waals surface area contributed by atoms with Gasteiger partial charge in [0.1, 0.15) is 5.75 Å². The highest BCUT2D eigenvalue weighted by Crippen LogP contribution is 2.33. The second kappa shape index (κ2) is 2.95. The van der Waals surface area contributed by atoms with Crippen molar-refractivity contribution in [3.63, 3.8) is 0 Å². The first kappa shape index (κ1) is 7.89. The molecule has 0 bridgehead atoms. The zero-order chi connectivity index (χ0) is 8.55. The van der Waals surface area contributed by atoms with Crippen LogP contribution in [-0.4, -0.2) is 13.4 Å². The molecule has 12 heavy (non-hydrogen) atoms. The van der Waals surface area contributed by atoms with E-state index in [1.807, 2.05) is 25.2 Å². The molecule has 0 radical (unpaired) electrons. The third kappa shape index (κ3) is 1.28. The zero-order valence-electron chi connectivity index (χ0n) is 6.60. The first-order valence-electron chi connectivity index (χ1n) is 3.69. The quantitative estimate of drug-likeness (QED) is 0.769. The van der Waals surface area contributed by atoms with E-state index in [2.05, 4.69) is 26.6 Å². The predicted molar refractivity (Wildman–Crippen MR) is 51.2 cm³/mol. The number of anilines is 1. The Morgan fingerprint density at radius 2 is 2.42 bits per heavy atom. The van der Waals surface area contributed by atoms with Crippen molar-refractivity contribution < 1.29 is 4.74 Å². The summed E-state index contributed by atoms with van der Waals surface area (Å²) >= 11 is 3.39. The van der Waals surface area contributed by atoms with E-state index in [0.29, 0.717) is 0 Å². The molecule has 1 heterocycles. The van der Waals surface area contributed by atoms with Crippen molar-refractivity contribution in [2.24, 2.45) is 0 Å². The molecule has 4 heteroatoms. The van der Waals surface area contributed by atoms with Crippen LogP contribution in [-0.2, 0) is 0 Å². The molecule has 0 saturated heterocycles. The lowest BCUT2D eigenvalue weighted by Crippen LogP contribution is -2.34. The van der Waals surface area contributed by atoms with Crippen molar-refractivity contribution in [1.82, 2.24) is 5.32 Å². The minimum absolute atomic E-state index is 0.103. The predicted octanol–water partition coefficient (Wildman–Crippen LogP) is 1.76. The van der Waals surface area contributed by atoms with Gasteiger partial charge < -0.3 is 10.1 Å². The number of ether oxygens (including phenoxy) is 1. The van der Waals surface area contributed by atoms with Gasteiger partial charge in [-0.1, -0.05) is 15.9 Å². The highest BCUT2D eigenvalue weighted by atomic mass is 79.9. The molecule has 0 aliphatic carbocycles. The van der Waals surface area contributed by atoms with Crippen molar-refractivity contribution in [2.45, 2.75) is 6.35 Å². The molecule has 2 N–H and O–H groups in total. The van der Waals surface area contributed by atoms with E-state index < -0.39 is 0 Å². The standard InChI is InChI=1S/C8H9BrN2O/c1-10-8-11-6-4-5(9)2-3-7(6)12-8/h2-4,8,10-11H,1H3. The molecule has 0 saturated carbocycles. The van der Waals surface area contributed by atoms with Crippen LogP contribution in [0.15, 0.2) is 22.7 Å². The van der Waals surface area contributed by atoms with Gasteiger partial charge in [-0.3, -0.25) is 5.32 Å². The maximum Gasteiger partial charge on any atom is 0.227 e. The molecule has 0 spiro atoms. The second-order valence-corrected chi connectivity index (χ2v) is 3.49. The molecule has 1 aliphatic rings. The lowest BCUT2D eigenvalue weighted by atomic mass is 10.3. The van der Waals surface area contributed by atoms with Crippen LogP contribution < -0.4 is 15.4 Å². The molecule has 1 aliphatic heterocycles. The molecule has 3 nitrogen and oxygen atoms in total. The highest BCUT2D eigenvalue weighted by molar-refractivity contribution is 9.10. The summed E-state index contributed by atoms with van der Waals surface area (Å²) in [6.45, 7) is 0. The maximum atomic E-state index is 5.47. The van der Waals surface area contributed by atoms with Gasteiger partial charge in [-0.25, -0.2) is 0 Å². The zero-order valence-corrected chi connectivity index (χ0v) is 8.18. The largest absolute Gasteiger partial charge is 0.455 e. The molecule has 2 rings (SSSR count). The number of fused-ring (bicyclic) bond motifs is 1. The normalized spacial score (nSPS) is 19.7. The molecule has 1 atom stereocenters. The summed E-state index contributed by atoms with van der Waals surface area (Å²) in [4.78, 5) is 0. The van der Waals surface area contributed by atoms with E-state index in [1.54, 1.807) is 0 Å². The Hall–Kier alpha value is -0.740. The minimum Gasteiger partial charge on any atom is -0.455 e. The van der Waals surface area contributed by atoms with E-state index in [-0.39, 0.29) is 6.35 Å². The van der Waals surface area contributed by atoms with Gasteiger partial charge in [0.15, 0.2) is 0 Å². The Morgan fingerprint density at radius 3 is 3.17 bits per heavy atom. The summed E-state index contributed by atoms with van der Waals surface area (Å²) in [5.74, 6) is 0.887. The van der Waals surface area contributed by atoms with Crippen LogP contribution in [0.25, 0.3) is 0 Å². The summed E-state index contributed by atoms with van der Waals surface area (Å²) in [6.07, 6.45) is -0.103. The number of rotatable bonds is 1. The molecular formula is C8H9BrN2O. The second-order valence-electron chi connectivity index (χ2n) is 2.57. The molecular weight excluding hydrogens is 220 g/mol. The summed E-state index contributed by atoms with van der Waals surface area (Å²) in [6, 6.07) is 5.88. The monoisotopic (exact) mass is 228 g/mol. The van der Waals surface area contributed by atoms with E-state index in [1.165, 1.54) is 0 Å². The van der Waals surface area contributed by atoms with Crippen LogP contribution in [0.2, 0.25) is 0 Å². The summed E-state index contributed by atoms with van der Waals surface area (Å²) in [7, 11) is 1.85. The summed E-state index contributed by atoms with van der Waals surface area (Å²) < 4.78 is 6.52. The number of hydrogen-bond donors (Lipinski definition) is 2. The summed E-state index contributed by atoms with van der Waals surface area (Å²) in [5, 5.41) is 6.14. The van der Waals surface area contributed by atoms with Gasteiger partial charge in [0, 0.05) is 4.47 Å². The molecule has 1 unspecified atom stereocenters. The Morgan fingerprint density at radius 1 is 1.58 bits per heavy atom. The van der Waals surface area contributed by atoms with Gasteiger partial charge in [-0.15, -0.1) is 0 Å². The molecule has 0 amide bonds. The van der Waals surface area contributed by atoms with Crippen LogP contribution in [0, 0.1) is 0 Å². The average Bonchev–Trinajstić information content (AvgIpc) is 2.46. The fourth-order valence-electron chi connectivity index (χ4n) is 1.15. The highest BCUT2D eigenvalue weighted by Gasteiger charge is 2.19. The molecule has 64 valence electrons. The van der Waals surface area contributed by atoms with Crippen molar-refractivity contribution in [3.05, 3.63) is 22.7 Å². The SMILES string of the molecule is CNC1Nc2cc(Br)ccc2O1. The average molecular weight is 229 g/mol. The lowest BCUT2D eigenvalue weighted by molar-refractivity contribution is 0.224. The number of hydrogen-bond acceptors (Lipinski definition) is 3. The Bertz CT molecular complexity index is 303. The van der Waals surface area contributed by atoms with Crippen molar-refractivity contribution in [1.29, 1.82) is 0 Å². The molecule has 1 aromatic rings. The number of halogens is 1. The fraction of sp³-hybridized carbons (Fsp3) is 0.250. The Balaban J connectivity index is 2.30. The van der Waals surface area contributed by atoms with Gasteiger partial charge in [0.05, 0.1) is 5.69 Å². The van der Waals surface area contributed by atoms with Gasteiger partial charge in [-0.05, 0) is 25.2 Å². The van der Waals surface area contributed by atoms with Crippen LogP contribution in [0.5, 0.6) is 5.75 Å². The Labute approximate surface area is 79.2 Å². The third-order valence-electron chi connectivity index (χ3n) is 1.74. The van der Waals surface area contributed by atoms with E-state index in [9.17, 15) is 0 Å². The first-order valence-corrected chi connectivity index (χ1v) is 4.49. The van der Waals surface area contributed by atoms with Crippen LogP contribution in [0.1, 0.15) is 0 Å². The van der Waals surface area contributed by atoms with E-state index >= 15 is 0 Å². The van der Waals surface area contributed by atoms with E-state index in [4.69, 9.17) is 4.74 Å². The lowest BCUT2D eigenvalue weighted by Gasteiger charge is -2.07. The van der Waals surface area contributed by atoms with Gasteiger partial charge in [-0.2, -0.15) is 0 Å². The van der Waals surface area contributed by atoms with Crippen molar-refractivity contribution >= 4 is 21.6 Å². The van der Waals surface area contributed by atoms with Crippen LogP contribution >= 0.6 is 15.9 Å². The molecule has 1 aromatic carbocycles. The minimum atomic E-state index is -0.103. The fourth-order valence-corrected chi connectivity index (χ4v) is 1.51. The van der Waals surface area contributed by atoms with Crippen LogP contribution in [0.4, 0.5) is 5.69 Å². The maximum absolute atomic E-state index is 5.47. The smallest absolute Gasteiger partial charge is 0.227 e. The van der Waals surface area contributed by atoms with Crippen molar-refractivity contribution in [2.75, 3.05) is 12.4 Å². The summed E-state index contributed by atoms with van der Waals surface area (Å²) in [5.41, 5.74) is 1.02. The Kier molecular flexibility index (Phi) is 1.94. The topological polar surface area (TPSA) is 33.3 Å². The van der Waals surface area contributed by atoms with E-state index in [0.717, 1.165) is 15.9 Å². The number of nitrogens with one attached hydrogen (secondary N) is 2. The third-order valence-corrected chi connectivity index (χ3v) is 2.23. The molecule has 0 aromatic heterocycles. The van der Waals surface area contributed by atoms with Gasteiger partial charge in [0.25, 0.3) is 0 Å². The molecule has 0 fully saturated rings. The first-order chi connectivity index (χ1) is 5.79. The van der Waals surface area contributed by atoms with Gasteiger partial charge >= 0.3 is 0 Å². The van der Waals surface area contributed by atoms with Gasteiger partial charge in [0.2, 0.25) is 6.35 Å². The van der Waals surface area contributed by atoms with Crippen LogP contribution in [0.3, 0.4) is 0 Å². The number of benzene rings is 1. The van der Waals surface area contributed by atoms with Crippen molar-refractivity contribution in [3.8, 4) is 5.75 Å².